The highest BCUT2D eigenvalue weighted by molar-refractivity contribution is 5.74. The van der Waals surface area contributed by atoms with E-state index in [2.05, 4.69) is 0 Å². The lowest BCUT2D eigenvalue weighted by Crippen LogP contribution is -2.54. The minimum absolute atomic E-state index is 0.841. The summed E-state index contributed by atoms with van der Waals surface area (Å²) >= 11 is 0. The third-order valence-corrected chi connectivity index (χ3v) is 1.07. The molecule has 9 heavy (non-hydrogen) atoms. The van der Waals surface area contributed by atoms with E-state index < -0.39 is 17.6 Å². The Morgan fingerprint density at radius 3 is 2.00 bits per heavy atom. The van der Waals surface area contributed by atoms with Gasteiger partial charge >= 0.3 is 5.97 Å². The number of hydrogen-bond acceptors (Lipinski definition) is 3. The van der Waals surface area contributed by atoms with Crippen molar-refractivity contribution in [1.82, 2.24) is 0 Å². The third kappa shape index (κ3) is 2.43. The van der Waals surface area contributed by atoms with E-state index in [-0.39, 0.29) is 0 Å². The average Bonchev–Trinajstić information content (AvgIpc) is 1.62. The first kappa shape index (κ1) is 8.39. The summed E-state index contributed by atoms with van der Waals surface area (Å²) in [5.74, 6) is -1.07. The van der Waals surface area contributed by atoms with Crippen LogP contribution in [-0.2, 0) is 4.79 Å². The highest BCUT2D eigenvalue weighted by Crippen LogP contribution is 2.00. The molecule has 0 fully saturated rings. The van der Waals surface area contributed by atoms with E-state index in [0.29, 0.717) is 0 Å². The molecule has 54 valence electrons. The number of carboxylic acid groups (broad SMARTS) is 1. The highest BCUT2D eigenvalue weighted by Gasteiger charge is 2.27. The summed E-state index contributed by atoms with van der Waals surface area (Å²) in [6.45, 7) is 3.15. The number of hydrogen-bond donors (Lipinski definition) is 3. The first-order valence-corrected chi connectivity index (χ1v) is 2.63. The molecule has 0 aromatic rings. The van der Waals surface area contributed by atoms with Crippen molar-refractivity contribution in [2.45, 2.75) is 25.4 Å². The molecule has 0 amide bonds. The van der Waals surface area contributed by atoms with Crippen molar-refractivity contribution in [3.05, 3.63) is 0 Å². The second-order valence-electron chi connectivity index (χ2n) is 2.64. The van der Waals surface area contributed by atoms with E-state index in [4.69, 9.17) is 16.6 Å². The van der Waals surface area contributed by atoms with E-state index in [9.17, 15) is 4.79 Å². The molecule has 5 N–H and O–H groups in total. The standard InChI is InChI=1S/C5H12N2O2/c1-5(2,7)3(6)4(8)9/h3H,6-7H2,1-2H3,(H,8,9)/t3-/m1/s1. The largest absolute Gasteiger partial charge is 0.480 e. The van der Waals surface area contributed by atoms with Crippen LogP contribution in [0, 0.1) is 0 Å². The van der Waals surface area contributed by atoms with Crippen LogP contribution in [0.2, 0.25) is 0 Å². The van der Waals surface area contributed by atoms with Crippen molar-refractivity contribution in [3.63, 3.8) is 0 Å². The monoisotopic (exact) mass is 132 g/mol. The molecule has 0 heterocycles. The maximum atomic E-state index is 10.1. The zero-order valence-corrected chi connectivity index (χ0v) is 5.59. The van der Waals surface area contributed by atoms with Gasteiger partial charge in [0, 0.05) is 5.54 Å². The van der Waals surface area contributed by atoms with Gasteiger partial charge < -0.3 is 16.6 Å². The molecule has 0 bridgehead atoms. The minimum atomic E-state index is -1.07. The normalized spacial score (nSPS) is 15.1. The van der Waals surface area contributed by atoms with Crippen molar-refractivity contribution >= 4 is 5.97 Å². The summed E-state index contributed by atoms with van der Waals surface area (Å²) in [6.07, 6.45) is 0. The lowest BCUT2D eigenvalue weighted by atomic mass is 9.97. The van der Waals surface area contributed by atoms with Gasteiger partial charge in [0.05, 0.1) is 0 Å². The predicted molar refractivity (Wildman–Crippen MR) is 33.9 cm³/mol. The average molecular weight is 132 g/mol. The van der Waals surface area contributed by atoms with Crippen molar-refractivity contribution in [2.75, 3.05) is 0 Å². The van der Waals surface area contributed by atoms with Gasteiger partial charge in [-0.1, -0.05) is 0 Å². The third-order valence-electron chi connectivity index (χ3n) is 1.07. The van der Waals surface area contributed by atoms with Crippen LogP contribution in [0.3, 0.4) is 0 Å². The number of carboxylic acids is 1. The van der Waals surface area contributed by atoms with Gasteiger partial charge in [-0.25, -0.2) is 0 Å². The van der Waals surface area contributed by atoms with E-state index in [0.717, 1.165) is 0 Å². The second kappa shape index (κ2) is 2.33. The summed E-state index contributed by atoms with van der Waals surface area (Å²) in [6, 6.07) is -0.988. The highest BCUT2D eigenvalue weighted by atomic mass is 16.4. The molecule has 0 rings (SSSR count). The SMILES string of the molecule is CC(C)(N)[C@H](N)C(=O)O. The van der Waals surface area contributed by atoms with Crippen LogP contribution in [-0.4, -0.2) is 22.7 Å². The summed E-state index contributed by atoms with van der Waals surface area (Å²) < 4.78 is 0. The van der Waals surface area contributed by atoms with Crippen LogP contribution in [0.25, 0.3) is 0 Å². The van der Waals surface area contributed by atoms with Crippen molar-refractivity contribution < 1.29 is 9.90 Å². The predicted octanol–water partition coefficient (Wildman–Crippen LogP) is -0.864. The van der Waals surface area contributed by atoms with Gasteiger partial charge in [0.2, 0.25) is 0 Å². The van der Waals surface area contributed by atoms with Gasteiger partial charge in [-0.15, -0.1) is 0 Å². The summed E-state index contributed by atoms with van der Waals surface area (Å²) in [7, 11) is 0. The minimum Gasteiger partial charge on any atom is -0.480 e. The summed E-state index contributed by atoms with van der Waals surface area (Å²) in [5.41, 5.74) is 9.70. The molecule has 4 nitrogen and oxygen atoms in total. The Hall–Kier alpha value is -0.610. The van der Waals surface area contributed by atoms with Crippen LogP contribution in [0.15, 0.2) is 0 Å². The van der Waals surface area contributed by atoms with Gasteiger partial charge in [0.1, 0.15) is 6.04 Å². The Morgan fingerprint density at radius 1 is 1.67 bits per heavy atom. The zero-order valence-electron chi connectivity index (χ0n) is 5.59. The summed E-state index contributed by atoms with van der Waals surface area (Å²) in [4.78, 5) is 10.1. The number of carbonyl (C=O) groups is 1. The smallest absolute Gasteiger partial charge is 0.322 e. The van der Waals surface area contributed by atoms with Crippen LogP contribution in [0.1, 0.15) is 13.8 Å². The van der Waals surface area contributed by atoms with Crippen molar-refractivity contribution in [1.29, 1.82) is 0 Å². The maximum absolute atomic E-state index is 10.1. The first-order chi connectivity index (χ1) is 3.85. The molecule has 0 unspecified atom stereocenters. The van der Waals surface area contributed by atoms with Crippen LogP contribution in [0.5, 0.6) is 0 Å². The molecule has 0 aliphatic carbocycles. The Balaban J connectivity index is 4.04. The fraction of sp³-hybridized carbons (Fsp3) is 0.800. The molecule has 0 spiro atoms. The molecule has 1 atom stereocenters. The second-order valence-corrected chi connectivity index (χ2v) is 2.64. The van der Waals surface area contributed by atoms with Gasteiger partial charge in [-0.2, -0.15) is 0 Å². The fourth-order valence-corrected chi connectivity index (χ4v) is 0.318. The molecule has 4 heteroatoms. The Morgan fingerprint density at radius 2 is 2.00 bits per heavy atom. The topological polar surface area (TPSA) is 89.3 Å². The molecule has 0 aromatic heterocycles. The van der Waals surface area contributed by atoms with Crippen LogP contribution >= 0.6 is 0 Å². The lowest BCUT2D eigenvalue weighted by molar-refractivity contribution is -0.139. The van der Waals surface area contributed by atoms with Gasteiger partial charge in [-0.05, 0) is 13.8 Å². The zero-order chi connectivity index (χ0) is 7.65. The molecule has 0 saturated heterocycles. The van der Waals surface area contributed by atoms with E-state index in [1.165, 1.54) is 0 Å². The number of rotatable bonds is 2. The molecular formula is C5H12N2O2. The van der Waals surface area contributed by atoms with Crippen LogP contribution in [0.4, 0.5) is 0 Å². The molecule has 0 radical (unpaired) electrons. The molecule has 0 aliphatic rings. The number of aliphatic carboxylic acids is 1. The van der Waals surface area contributed by atoms with Gasteiger partial charge in [-0.3, -0.25) is 4.79 Å². The number of nitrogens with two attached hydrogens (primary N) is 2. The van der Waals surface area contributed by atoms with E-state index in [1.807, 2.05) is 0 Å². The Kier molecular flexibility index (Phi) is 2.17. The first-order valence-electron chi connectivity index (χ1n) is 2.63. The molecule has 0 saturated carbocycles. The van der Waals surface area contributed by atoms with E-state index in [1.54, 1.807) is 13.8 Å². The maximum Gasteiger partial charge on any atom is 0.322 e. The van der Waals surface area contributed by atoms with Gasteiger partial charge in [0.25, 0.3) is 0 Å². The molecule has 0 aromatic carbocycles. The Bertz CT molecular complexity index is 117. The van der Waals surface area contributed by atoms with Crippen LogP contribution < -0.4 is 11.5 Å². The molecule has 0 aliphatic heterocycles. The quantitative estimate of drug-likeness (QED) is 0.456. The lowest BCUT2D eigenvalue weighted by Gasteiger charge is -2.22. The van der Waals surface area contributed by atoms with Crippen molar-refractivity contribution in [2.24, 2.45) is 11.5 Å². The van der Waals surface area contributed by atoms with E-state index >= 15 is 0 Å². The van der Waals surface area contributed by atoms with Crippen molar-refractivity contribution in [3.8, 4) is 0 Å². The summed E-state index contributed by atoms with van der Waals surface area (Å²) in [5, 5.41) is 8.31. The van der Waals surface area contributed by atoms with Gasteiger partial charge in [0.15, 0.2) is 0 Å². The Labute approximate surface area is 53.8 Å². The molecular weight excluding hydrogens is 120 g/mol. The fourth-order valence-electron chi connectivity index (χ4n) is 0.318.